The van der Waals surface area contributed by atoms with Crippen LogP contribution >= 0.6 is 0 Å². The van der Waals surface area contributed by atoms with E-state index in [2.05, 4.69) is 22.1 Å². The standard InChI is InChI=1S/C17H24N4O2/c1-12-15(11-21-8-6-18-7-9-21)20-17(19-12)14-5-4-13(22-2)10-16(14)23-3/h4-5,10,18H,6-9,11H2,1-3H3,(H,19,20). The van der Waals surface area contributed by atoms with Gasteiger partial charge in [-0.2, -0.15) is 0 Å². The molecule has 0 amide bonds. The molecule has 3 rings (SSSR count). The van der Waals surface area contributed by atoms with Crippen LogP contribution in [0.1, 0.15) is 11.4 Å². The Morgan fingerprint density at radius 1 is 1.17 bits per heavy atom. The molecule has 124 valence electrons. The maximum absolute atomic E-state index is 5.48. The highest BCUT2D eigenvalue weighted by molar-refractivity contribution is 5.66. The number of ether oxygens (including phenoxy) is 2. The molecule has 0 radical (unpaired) electrons. The van der Waals surface area contributed by atoms with Gasteiger partial charge in [-0.15, -0.1) is 0 Å². The number of hydrogen-bond acceptors (Lipinski definition) is 5. The Kier molecular flexibility index (Phi) is 4.83. The van der Waals surface area contributed by atoms with Crippen molar-refractivity contribution in [1.82, 2.24) is 20.2 Å². The largest absolute Gasteiger partial charge is 0.497 e. The van der Waals surface area contributed by atoms with Crippen LogP contribution in [0.5, 0.6) is 11.5 Å². The molecule has 1 fully saturated rings. The van der Waals surface area contributed by atoms with Gasteiger partial charge in [0.25, 0.3) is 0 Å². The highest BCUT2D eigenvalue weighted by Crippen LogP contribution is 2.32. The van der Waals surface area contributed by atoms with Crippen molar-refractivity contribution in [2.24, 2.45) is 0 Å². The molecule has 6 heteroatoms. The van der Waals surface area contributed by atoms with Gasteiger partial charge in [0, 0.05) is 44.5 Å². The zero-order chi connectivity index (χ0) is 16.2. The molecular formula is C17H24N4O2. The smallest absolute Gasteiger partial charge is 0.141 e. The summed E-state index contributed by atoms with van der Waals surface area (Å²) >= 11 is 0. The molecule has 1 aliphatic heterocycles. The molecule has 6 nitrogen and oxygen atoms in total. The molecule has 0 unspecified atom stereocenters. The topological polar surface area (TPSA) is 62.4 Å². The molecule has 2 N–H and O–H groups in total. The van der Waals surface area contributed by atoms with E-state index in [0.717, 1.165) is 67.0 Å². The molecule has 23 heavy (non-hydrogen) atoms. The van der Waals surface area contributed by atoms with Crippen molar-refractivity contribution in [3.8, 4) is 22.9 Å². The molecule has 0 saturated carbocycles. The summed E-state index contributed by atoms with van der Waals surface area (Å²) in [5.41, 5.74) is 3.15. The average molecular weight is 316 g/mol. The summed E-state index contributed by atoms with van der Waals surface area (Å²) in [5, 5.41) is 3.37. The lowest BCUT2D eigenvalue weighted by atomic mass is 10.2. The highest BCUT2D eigenvalue weighted by Gasteiger charge is 2.17. The van der Waals surface area contributed by atoms with Gasteiger partial charge in [0.05, 0.1) is 25.5 Å². The van der Waals surface area contributed by atoms with Gasteiger partial charge in [0.2, 0.25) is 0 Å². The number of nitrogens with one attached hydrogen (secondary N) is 2. The van der Waals surface area contributed by atoms with E-state index in [1.807, 2.05) is 18.2 Å². The lowest BCUT2D eigenvalue weighted by Gasteiger charge is -2.26. The summed E-state index contributed by atoms with van der Waals surface area (Å²) in [7, 11) is 3.31. The van der Waals surface area contributed by atoms with E-state index >= 15 is 0 Å². The van der Waals surface area contributed by atoms with Crippen LogP contribution in [0, 0.1) is 6.92 Å². The molecule has 0 bridgehead atoms. The minimum atomic E-state index is 0.756. The second-order valence-electron chi connectivity index (χ2n) is 5.75. The molecule has 1 aromatic heterocycles. The first kappa shape index (κ1) is 15.8. The van der Waals surface area contributed by atoms with Crippen molar-refractivity contribution in [1.29, 1.82) is 0 Å². The van der Waals surface area contributed by atoms with E-state index in [9.17, 15) is 0 Å². The van der Waals surface area contributed by atoms with Crippen molar-refractivity contribution in [2.75, 3.05) is 40.4 Å². The van der Waals surface area contributed by atoms with Gasteiger partial charge >= 0.3 is 0 Å². The number of H-pyrrole nitrogens is 1. The van der Waals surface area contributed by atoms with E-state index < -0.39 is 0 Å². The lowest BCUT2D eigenvalue weighted by molar-refractivity contribution is 0.230. The molecule has 1 aliphatic rings. The third kappa shape index (κ3) is 3.48. The summed E-state index contributed by atoms with van der Waals surface area (Å²) in [4.78, 5) is 10.6. The third-order valence-electron chi connectivity index (χ3n) is 4.23. The summed E-state index contributed by atoms with van der Waals surface area (Å²) in [6.07, 6.45) is 0. The predicted octanol–water partition coefficient (Wildman–Crippen LogP) is 1.81. The predicted molar refractivity (Wildman–Crippen MR) is 90.0 cm³/mol. The second kappa shape index (κ2) is 7.02. The summed E-state index contributed by atoms with van der Waals surface area (Å²) < 4.78 is 10.7. The summed E-state index contributed by atoms with van der Waals surface area (Å²) in [5.74, 6) is 2.37. The monoisotopic (exact) mass is 316 g/mol. The molecule has 0 atom stereocenters. The van der Waals surface area contributed by atoms with Crippen LogP contribution in [-0.4, -0.2) is 55.3 Å². The molecule has 0 spiro atoms. The highest BCUT2D eigenvalue weighted by atomic mass is 16.5. The number of methoxy groups -OCH3 is 2. The number of imidazole rings is 1. The summed E-state index contributed by atoms with van der Waals surface area (Å²) in [6, 6.07) is 5.78. The first-order chi connectivity index (χ1) is 11.2. The van der Waals surface area contributed by atoms with Gasteiger partial charge in [0.1, 0.15) is 17.3 Å². The van der Waals surface area contributed by atoms with E-state index in [1.54, 1.807) is 14.2 Å². The Hall–Kier alpha value is -2.05. The molecule has 1 aromatic carbocycles. The molecule has 1 saturated heterocycles. The fourth-order valence-corrected chi connectivity index (χ4v) is 2.85. The fraction of sp³-hybridized carbons (Fsp3) is 0.471. The van der Waals surface area contributed by atoms with Crippen LogP contribution < -0.4 is 14.8 Å². The Morgan fingerprint density at radius 2 is 1.96 bits per heavy atom. The van der Waals surface area contributed by atoms with Gasteiger partial charge in [-0.3, -0.25) is 4.90 Å². The second-order valence-corrected chi connectivity index (χ2v) is 5.75. The number of aromatic amines is 1. The quantitative estimate of drug-likeness (QED) is 0.881. The molecule has 2 aromatic rings. The maximum atomic E-state index is 5.48. The van der Waals surface area contributed by atoms with Crippen LogP contribution in [0.15, 0.2) is 18.2 Å². The Labute approximate surface area is 136 Å². The zero-order valence-electron chi connectivity index (χ0n) is 14.0. The maximum Gasteiger partial charge on any atom is 0.141 e. The van der Waals surface area contributed by atoms with Crippen molar-refractivity contribution >= 4 is 0 Å². The van der Waals surface area contributed by atoms with E-state index in [0.29, 0.717) is 0 Å². The Morgan fingerprint density at radius 3 is 2.65 bits per heavy atom. The SMILES string of the molecule is COc1ccc(-c2nc(CN3CCNCC3)c(C)[nH]2)c(OC)c1. The number of piperazine rings is 1. The number of hydrogen-bond donors (Lipinski definition) is 2. The molecule has 2 heterocycles. The number of aryl methyl sites for hydroxylation is 1. The van der Waals surface area contributed by atoms with Crippen molar-refractivity contribution in [3.05, 3.63) is 29.6 Å². The van der Waals surface area contributed by atoms with Gasteiger partial charge in [-0.25, -0.2) is 4.98 Å². The first-order valence-corrected chi connectivity index (χ1v) is 7.92. The average Bonchev–Trinajstić information content (AvgIpc) is 2.95. The number of aromatic nitrogens is 2. The normalized spacial score (nSPS) is 15.6. The van der Waals surface area contributed by atoms with Crippen LogP contribution in [0.25, 0.3) is 11.4 Å². The summed E-state index contributed by atoms with van der Waals surface area (Å²) in [6.45, 7) is 7.17. The fourth-order valence-electron chi connectivity index (χ4n) is 2.85. The van der Waals surface area contributed by atoms with E-state index in [-0.39, 0.29) is 0 Å². The van der Waals surface area contributed by atoms with Crippen molar-refractivity contribution in [3.63, 3.8) is 0 Å². The van der Waals surface area contributed by atoms with Crippen molar-refractivity contribution < 1.29 is 9.47 Å². The lowest BCUT2D eigenvalue weighted by Crippen LogP contribution is -2.43. The molecular weight excluding hydrogens is 292 g/mol. The van der Waals surface area contributed by atoms with Gasteiger partial charge in [-0.05, 0) is 19.1 Å². The van der Waals surface area contributed by atoms with Crippen LogP contribution in [0.4, 0.5) is 0 Å². The van der Waals surface area contributed by atoms with Gasteiger partial charge < -0.3 is 19.8 Å². The van der Waals surface area contributed by atoms with Gasteiger partial charge in [-0.1, -0.05) is 0 Å². The van der Waals surface area contributed by atoms with E-state index in [1.165, 1.54) is 0 Å². The number of benzene rings is 1. The number of rotatable bonds is 5. The van der Waals surface area contributed by atoms with Crippen LogP contribution in [0.2, 0.25) is 0 Å². The minimum absolute atomic E-state index is 0.756. The van der Waals surface area contributed by atoms with E-state index in [4.69, 9.17) is 14.5 Å². The van der Waals surface area contributed by atoms with Crippen LogP contribution in [0.3, 0.4) is 0 Å². The Balaban J connectivity index is 1.85. The van der Waals surface area contributed by atoms with Crippen molar-refractivity contribution in [2.45, 2.75) is 13.5 Å². The number of nitrogens with zero attached hydrogens (tertiary/aromatic N) is 2. The first-order valence-electron chi connectivity index (χ1n) is 7.92. The zero-order valence-corrected chi connectivity index (χ0v) is 14.0. The van der Waals surface area contributed by atoms with Gasteiger partial charge in [0.15, 0.2) is 0 Å². The third-order valence-corrected chi connectivity index (χ3v) is 4.23. The van der Waals surface area contributed by atoms with Crippen LogP contribution in [-0.2, 0) is 6.54 Å². The minimum Gasteiger partial charge on any atom is -0.497 e. The Bertz CT molecular complexity index is 663. The molecule has 0 aliphatic carbocycles.